The molecule has 1 amide bonds. The molecular formula is C14H22F3N3OS. The van der Waals surface area contributed by atoms with E-state index in [-0.39, 0.29) is 0 Å². The number of aryl methyl sites for hydroxylation is 1. The van der Waals surface area contributed by atoms with Gasteiger partial charge >= 0.3 is 6.18 Å². The van der Waals surface area contributed by atoms with Crippen LogP contribution in [0.1, 0.15) is 38.1 Å². The van der Waals surface area contributed by atoms with E-state index in [9.17, 15) is 18.0 Å². The van der Waals surface area contributed by atoms with Crippen LogP contribution in [0.15, 0.2) is 5.16 Å². The molecule has 0 saturated heterocycles. The molecule has 0 radical (unpaired) electrons. The van der Waals surface area contributed by atoms with Crippen molar-refractivity contribution in [2.45, 2.75) is 63.7 Å². The predicted octanol–water partition coefficient (Wildman–Crippen LogP) is 3.46. The van der Waals surface area contributed by atoms with Crippen LogP contribution in [0.4, 0.5) is 13.2 Å². The summed E-state index contributed by atoms with van der Waals surface area (Å²) in [4.78, 5) is 16.2. The molecule has 1 aromatic heterocycles. The molecular weight excluding hydrogens is 315 g/mol. The van der Waals surface area contributed by atoms with E-state index >= 15 is 0 Å². The summed E-state index contributed by atoms with van der Waals surface area (Å²) in [5, 5.41) is 1.95. The van der Waals surface area contributed by atoms with Crippen molar-refractivity contribution in [3.05, 3.63) is 11.4 Å². The molecule has 0 spiro atoms. The average molecular weight is 337 g/mol. The van der Waals surface area contributed by atoms with Gasteiger partial charge in [0, 0.05) is 12.2 Å². The molecule has 1 heterocycles. The molecule has 0 saturated carbocycles. The number of imidazole rings is 1. The SMILES string of the molecule is CCCCn1c(SC(C)C(=O)NCC(F)(F)F)nc(C)c1C. The number of carbonyl (C=O) groups excluding carboxylic acids is 1. The Kier molecular flexibility index (Phi) is 6.77. The van der Waals surface area contributed by atoms with Crippen LogP contribution >= 0.6 is 11.8 Å². The van der Waals surface area contributed by atoms with E-state index in [1.807, 2.05) is 23.7 Å². The summed E-state index contributed by atoms with van der Waals surface area (Å²) in [6.07, 6.45) is -2.38. The van der Waals surface area contributed by atoms with Crippen molar-refractivity contribution in [1.29, 1.82) is 0 Å². The van der Waals surface area contributed by atoms with Crippen LogP contribution in [0.25, 0.3) is 0 Å². The van der Waals surface area contributed by atoms with E-state index in [2.05, 4.69) is 11.9 Å². The van der Waals surface area contributed by atoms with Crippen LogP contribution in [-0.2, 0) is 11.3 Å². The van der Waals surface area contributed by atoms with Crippen LogP contribution in [-0.4, -0.2) is 33.4 Å². The van der Waals surface area contributed by atoms with E-state index in [4.69, 9.17) is 0 Å². The largest absolute Gasteiger partial charge is 0.405 e. The maximum atomic E-state index is 12.1. The van der Waals surface area contributed by atoms with Gasteiger partial charge in [-0.2, -0.15) is 13.2 Å². The van der Waals surface area contributed by atoms with Crippen LogP contribution in [0.5, 0.6) is 0 Å². The third-order valence-electron chi connectivity index (χ3n) is 3.27. The summed E-state index contributed by atoms with van der Waals surface area (Å²) < 4.78 is 38.4. The third kappa shape index (κ3) is 5.55. The smallest absolute Gasteiger partial charge is 0.346 e. The Labute approximate surface area is 132 Å². The van der Waals surface area contributed by atoms with Gasteiger partial charge in [-0.1, -0.05) is 25.1 Å². The van der Waals surface area contributed by atoms with Crippen molar-refractivity contribution in [3.63, 3.8) is 0 Å². The number of rotatable bonds is 7. The highest BCUT2D eigenvalue weighted by Gasteiger charge is 2.29. The van der Waals surface area contributed by atoms with Gasteiger partial charge in [-0.15, -0.1) is 0 Å². The Morgan fingerprint density at radius 3 is 2.59 bits per heavy atom. The predicted molar refractivity (Wildman–Crippen MR) is 81.0 cm³/mol. The summed E-state index contributed by atoms with van der Waals surface area (Å²) >= 11 is 1.19. The van der Waals surface area contributed by atoms with Gasteiger partial charge < -0.3 is 9.88 Å². The molecule has 4 nitrogen and oxygen atoms in total. The first-order chi connectivity index (χ1) is 10.2. The van der Waals surface area contributed by atoms with E-state index in [1.54, 1.807) is 6.92 Å². The number of hydrogen-bond acceptors (Lipinski definition) is 3. The lowest BCUT2D eigenvalue weighted by Gasteiger charge is -2.14. The zero-order valence-electron chi connectivity index (χ0n) is 13.3. The van der Waals surface area contributed by atoms with Crippen LogP contribution in [0.3, 0.4) is 0 Å². The van der Waals surface area contributed by atoms with Crippen LogP contribution in [0, 0.1) is 13.8 Å². The molecule has 1 rings (SSSR count). The van der Waals surface area contributed by atoms with Crippen LogP contribution in [0.2, 0.25) is 0 Å². The second kappa shape index (κ2) is 7.89. The number of carbonyl (C=O) groups is 1. The van der Waals surface area contributed by atoms with E-state index < -0.39 is 23.9 Å². The lowest BCUT2D eigenvalue weighted by molar-refractivity contribution is -0.137. The summed E-state index contributed by atoms with van der Waals surface area (Å²) in [5.74, 6) is -0.636. The highest BCUT2D eigenvalue weighted by molar-refractivity contribution is 8.00. The van der Waals surface area contributed by atoms with Crippen LogP contribution < -0.4 is 5.32 Å². The number of alkyl halides is 3. The summed E-state index contributed by atoms with van der Waals surface area (Å²) in [7, 11) is 0. The van der Waals surface area contributed by atoms with E-state index in [0.29, 0.717) is 5.16 Å². The van der Waals surface area contributed by atoms with Crippen molar-refractivity contribution < 1.29 is 18.0 Å². The molecule has 22 heavy (non-hydrogen) atoms. The molecule has 1 atom stereocenters. The topological polar surface area (TPSA) is 46.9 Å². The van der Waals surface area contributed by atoms with Gasteiger partial charge in [0.1, 0.15) is 6.54 Å². The lowest BCUT2D eigenvalue weighted by atomic mass is 10.3. The first-order valence-corrected chi connectivity index (χ1v) is 8.08. The van der Waals surface area contributed by atoms with Crippen molar-refractivity contribution in [1.82, 2.24) is 14.9 Å². The van der Waals surface area contributed by atoms with Gasteiger partial charge in [-0.25, -0.2) is 4.98 Å². The zero-order chi connectivity index (χ0) is 16.9. The Morgan fingerprint density at radius 2 is 2.05 bits per heavy atom. The fraction of sp³-hybridized carbons (Fsp3) is 0.714. The quantitative estimate of drug-likeness (QED) is 0.775. The first-order valence-electron chi connectivity index (χ1n) is 7.20. The minimum Gasteiger partial charge on any atom is -0.346 e. The van der Waals surface area contributed by atoms with Crippen molar-refractivity contribution in [2.75, 3.05) is 6.54 Å². The number of nitrogens with zero attached hydrogens (tertiary/aromatic N) is 2. The summed E-state index contributed by atoms with van der Waals surface area (Å²) in [6.45, 7) is 6.99. The second-order valence-electron chi connectivity index (χ2n) is 5.16. The summed E-state index contributed by atoms with van der Waals surface area (Å²) in [6, 6.07) is 0. The number of nitrogens with one attached hydrogen (secondary N) is 1. The molecule has 0 fully saturated rings. The Morgan fingerprint density at radius 1 is 1.41 bits per heavy atom. The molecule has 0 aliphatic carbocycles. The van der Waals surface area contributed by atoms with Gasteiger partial charge in [0.15, 0.2) is 5.16 Å². The molecule has 1 N–H and O–H groups in total. The number of thioether (sulfide) groups is 1. The normalized spacial score (nSPS) is 13.2. The maximum Gasteiger partial charge on any atom is 0.405 e. The minimum atomic E-state index is -4.40. The fourth-order valence-electron chi connectivity index (χ4n) is 1.84. The van der Waals surface area contributed by atoms with Gasteiger partial charge in [-0.05, 0) is 27.2 Å². The maximum absolute atomic E-state index is 12.1. The molecule has 0 aliphatic rings. The number of halogens is 3. The molecule has 1 unspecified atom stereocenters. The second-order valence-corrected chi connectivity index (χ2v) is 6.47. The van der Waals surface area contributed by atoms with Crippen molar-refractivity contribution in [3.8, 4) is 0 Å². The third-order valence-corrected chi connectivity index (χ3v) is 4.36. The van der Waals surface area contributed by atoms with Gasteiger partial charge in [0.05, 0.1) is 10.9 Å². The van der Waals surface area contributed by atoms with E-state index in [1.165, 1.54) is 11.8 Å². The Hall–Kier alpha value is -1.18. The first kappa shape index (κ1) is 18.9. The Bertz CT molecular complexity index is 514. The molecule has 1 aromatic rings. The molecule has 0 aromatic carbocycles. The number of unbranched alkanes of at least 4 members (excludes halogenated alkanes) is 1. The van der Waals surface area contributed by atoms with Crippen molar-refractivity contribution in [2.24, 2.45) is 0 Å². The standard InChI is InChI=1S/C14H22F3N3OS/c1-5-6-7-20-10(3)9(2)19-13(20)22-11(4)12(21)18-8-14(15,16)17/h11H,5-8H2,1-4H3,(H,18,21). The molecule has 0 bridgehead atoms. The van der Waals surface area contributed by atoms with Gasteiger partial charge in [0.25, 0.3) is 0 Å². The highest BCUT2D eigenvalue weighted by Crippen LogP contribution is 2.26. The van der Waals surface area contributed by atoms with E-state index in [0.717, 1.165) is 30.8 Å². The zero-order valence-corrected chi connectivity index (χ0v) is 14.1. The number of aromatic nitrogens is 2. The molecule has 0 aliphatic heterocycles. The number of amides is 1. The number of hydrogen-bond donors (Lipinski definition) is 1. The minimum absolute atomic E-state index is 0.635. The monoisotopic (exact) mass is 337 g/mol. The highest BCUT2D eigenvalue weighted by atomic mass is 32.2. The lowest BCUT2D eigenvalue weighted by Crippen LogP contribution is -2.38. The van der Waals surface area contributed by atoms with Gasteiger partial charge in [-0.3, -0.25) is 4.79 Å². The molecule has 126 valence electrons. The fourth-order valence-corrected chi connectivity index (χ4v) is 2.89. The Balaban J connectivity index is 2.73. The van der Waals surface area contributed by atoms with Gasteiger partial charge in [0.2, 0.25) is 5.91 Å². The molecule has 8 heteroatoms. The summed E-state index contributed by atoms with van der Waals surface area (Å²) in [5.41, 5.74) is 1.90. The van der Waals surface area contributed by atoms with Crippen molar-refractivity contribution >= 4 is 17.7 Å². The average Bonchev–Trinajstić information content (AvgIpc) is 2.68.